The Balaban J connectivity index is 1.85. The largest absolute Gasteiger partial charge is 0.290 e. The van der Waals surface area contributed by atoms with Crippen LogP contribution in [0.4, 0.5) is 0 Å². The van der Waals surface area contributed by atoms with E-state index >= 15 is 0 Å². The standard InChI is InChI=1S/C25H18N4/c1-15-5-3-4-6-17(15)19-12-20-18-7-9-27-14-24(18)29-23-8-10-26-13-22(23)28-25(29)21(20)11-16(19)2/h3-14H,1-2H3. The quantitative estimate of drug-likeness (QED) is 0.338. The van der Waals surface area contributed by atoms with Gasteiger partial charge in [0.1, 0.15) is 11.2 Å². The summed E-state index contributed by atoms with van der Waals surface area (Å²) in [6.45, 7) is 4.34. The first kappa shape index (κ1) is 16.2. The lowest BCUT2D eigenvalue weighted by Gasteiger charge is -2.14. The Morgan fingerprint density at radius 2 is 1.52 bits per heavy atom. The van der Waals surface area contributed by atoms with E-state index in [9.17, 15) is 0 Å². The molecule has 0 aliphatic rings. The lowest BCUT2D eigenvalue weighted by Crippen LogP contribution is -1.94. The Kier molecular flexibility index (Phi) is 3.27. The number of fused-ring (bicyclic) bond motifs is 8. The van der Waals surface area contributed by atoms with Crippen LogP contribution in [0.3, 0.4) is 0 Å². The molecule has 6 rings (SSSR count). The Morgan fingerprint density at radius 3 is 2.41 bits per heavy atom. The van der Waals surface area contributed by atoms with E-state index in [2.05, 4.69) is 70.7 Å². The van der Waals surface area contributed by atoms with Crippen molar-refractivity contribution in [3.05, 3.63) is 84.4 Å². The van der Waals surface area contributed by atoms with Crippen molar-refractivity contribution in [2.45, 2.75) is 13.8 Å². The summed E-state index contributed by atoms with van der Waals surface area (Å²) in [7, 11) is 0. The SMILES string of the molecule is Cc1ccccc1-c1cc2c3ccncc3n3c4ccncc4nc3c2cc1C. The van der Waals surface area contributed by atoms with Gasteiger partial charge in [0.15, 0.2) is 0 Å². The summed E-state index contributed by atoms with van der Waals surface area (Å²) in [6, 6.07) is 17.2. The maximum Gasteiger partial charge on any atom is 0.146 e. The molecule has 0 aliphatic carbocycles. The first-order valence-corrected chi connectivity index (χ1v) is 9.70. The van der Waals surface area contributed by atoms with Crippen LogP contribution in [-0.2, 0) is 0 Å². The number of benzene rings is 2. The van der Waals surface area contributed by atoms with Gasteiger partial charge in [0, 0.05) is 23.2 Å². The Hall–Kier alpha value is -3.79. The minimum absolute atomic E-state index is 0.894. The van der Waals surface area contributed by atoms with Gasteiger partial charge in [-0.05, 0) is 65.8 Å². The number of aromatic nitrogens is 4. The molecule has 0 amide bonds. The van der Waals surface area contributed by atoms with Gasteiger partial charge in [-0.25, -0.2) is 4.98 Å². The fourth-order valence-electron chi connectivity index (χ4n) is 4.43. The van der Waals surface area contributed by atoms with E-state index in [4.69, 9.17) is 4.98 Å². The van der Waals surface area contributed by atoms with Crippen molar-refractivity contribution in [1.82, 2.24) is 19.4 Å². The molecule has 2 aromatic carbocycles. The van der Waals surface area contributed by atoms with Gasteiger partial charge in [-0.2, -0.15) is 0 Å². The first-order valence-electron chi connectivity index (χ1n) is 9.70. The molecule has 0 unspecified atom stereocenters. The highest BCUT2D eigenvalue weighted by Gasteiger charge is 2.16. The van der Waals surface area contributed by atoms with Crippen molar-refractivity contribution in [2.24, 2.45) is 0 Å². The van der Waals surface area contributed by atoms with Crippen molar-refractivity contribution >= 4 is 38.4 Å². The van der Waals surface area contributed by atoms with E-state index in [1.54, 1.807) is 0 Å². The van der Waals surface area contributed by atoms with Crippen LogP contribution in [0.2, 0.25) is 0 Å². The maximum atomic E-state index is 4.93. The van der Waals surface area contributed by atoms with Crippen LogP contribution in [0.25, 0.3) is 49.5 Å². The summed E-state index contributed by atoms with van der Waals surface area (Å²) >= 11 is 0. The van der Waals surface area contributed by atoms with Crippen LogP contribution in [0.5, 0.6) is 0 Å². The first-order chi connectivity index (χ1) is 14.2. The second-order valence-electron chi connectivity index (χ2n) is 7.56. The zero-order chi connectivity index (χ0) is 19.5. The molecule has 29 heavy (non-hydrogen) atoms. The molecule has 0 N–H and O–H groups in total. The Bertz CT molecular complexity index is 1580. The van der Waals surface area contributed by atoms with Gasteiger partial charge in [-0.15, -0.1) is 0 Å². The second kappa shape index (κ2) is 5.85. The lowest BCUT2D eigenvalue weighted by molar-refractivity contribution is 1.26. The number of aryl methyl sites for hydroxylation is 2. The molecule has 0 spiro atoms. The van der Waals surface area contributed by atoms with Gasteiger partial charge in [-0.3, -0.25) is 14.4 Å². The molecule has 4 heteroatoms. The molecule has 0 saturated heterocycles. The van der Waals surface area contributed by atoms with Crippen molar-refractivity contribution < 1.29 is 0 Å². The van der Waals surface area contributed by atoms with Crippen LogP contribution in [0.15, 0.2) is 73.3 Å². The molecule has 0 aliphatic heterocycles. The molecule has 0 saturated carbocycles. The fourth-order valence-corrected chi connectivity index (χ4v) is 4.43. The Morgan fingerprint density at radius 1 is 0.690 bits per heavy atom. The Labute approximate surface area is 167 Å². The monoisotopic (exact) mass is 374 g/mol. The molecule has 6 aromatic rings. The number of rotatable bonds is 1. The van der Waals surface area contributed by atoms with Gasteiger partial charge >= 0.3 is 0 Å². The minimum Gasteiger partial charge on any atom is -0.290 e. The third kappa shape index (κ3) is 2.23. The molecule has 0 radical (unpaired) electrons. The van der Waals surface area contributed by atoms with Crippen molar-refractivity contribution in [3.63, 3.8) is 0 Å². The number of hydrogen-bond acceptors (Lipinski definition) is 3. The van der Waals surface area contributed by atoms with E-state index < -0.39 is 0 Å². The smallest absolute Gasteiger partial charge is 0.146 e. The number of pyridine rings is 3. The number of hydrogen-bond donors (Lipinski definition) is 0. The summed E-state index contributed by atoms with van der Waals surface area (Å²) in [5, 5.41) is 3.52. The highest BCUT2D eigenvalue weighted by molar-refractivity contribution is 6.14. The van der Waals surface area contributed by atoms with E-state index in [1.807, 2.05) is 30.9 Å². The van der Waals surface area contributed by atoms with Crippen LogP contribution in [-0.4, -0.2) is 19.4 Å². The van der Waals surface area contributed by atoms with Crippen molar-refractivity contribution in [3.8, 4) is 11.1 Å². The molecule has 0 bridgehead atoms. The van der Waals surface area contributed by atoms with E-state index in [0.29, 0.717) is 0 Å². The van der Waals surface area contributed by atoms with Gasteiger partial charge in [0.25, 0.3) is 0 Å². The van der Waals surface area contributed by atoms with Crippen LogP contribution in [0.1, 0.15) is 11.1 Å². The summed E-state index contributed by atoms with van der Waals surface area (Å²) in [4.78, 5) is 13.6. The topological polar surface area (TPSA) is 43.1 Å². The third-order valence-electron chi connectivity index (χ3n) is 5.83. The van der Waals surface area contributed by atoms with Gasteiger partial charge in [0.05, 0.1) is 23.4 Å². The summed E-state index contributed by atoms with van der Waals surface area (Å²) in [5.41, 5.74) is 9.00. The molecule has 0 atom stereocenters. The van der Waals surface area contributed by atoms with Gasteiger partial charge in [0.2, 0.25) is 0 Å². The van der Waals surface area contributed by atoms with Gasteiger partial charge in [-0.1, -0.05) is 24.3 Å². The molecule has 4 aromatic heterocycles. The van der Waals surface area contributed by atoms with E-state index in [1.165, 1.54) is 33.0 Å². The summed E-state index contributed by atoms with van der Waals surface area (Å²) < 4.78 is 2.20. The van der Waals surface area contributed by atoms with Crippen LogP contribution < -0.4 is 0 Å². The van der Waals surface area contributed by atoms with E-state index in [-0.39, 0.29) is 0 Å². The van der Waals surface area contributed by atoms with Crippen molar-refractivity contribution in [2.75, 3.05) is 0 Å². The maximum absolute atomic E-state index is 4.93. The normalized spacial score (nSPS) is 11.8. The third-order valence-corrected chi connectivity index (χ3v) is 5.83. The average Bonchev–Trinajstić information content (AvgIpc) is 3.14. The summed E-state index contributed by atoms with van der Waals surface area (Å²) in [6.07, 6.45) is 7.43. The molecular weight excluding hydrogens is 356 g/mol. The zero-order valence-electron chi connectivity index (χ0n) is 16.2. The van der Waals surface area contributed by atoms with Crippen LogP contribution >= 0.6 is 0 Å². The molecule has 0 fully saturated rings. The minimum atomic E-state index is 0.894. The van der Waals surface area contributed by atoms with E-state index in [0.717, 1.165) is 27.6 Å². The predicted octanol–water partition coefficient (Wildman–Crippen LogP) is 5.87. The zero-order valence-corrected chi connectivity index (χ0v) is 16.2. The molecular formula is C25H18N4. The fraction of sp³-hybridized carbons (Fsp3) is 0.0800. The molecule has 4 nitrogen and oxygen atoms in total. The molecule has 4 heterocycles. The van der Waals surface area contributed by atoms with Crippen LogP contribution in [0, 0.1) is 13.8 Å². The van der Waals surface area contributed by atoms with Crippen molar-refractivity contribution in [1.29, 1.82) is 0 Å². The highest BCUT2D eigenvalue weighted by Crippen LogP contribution is 2.36. The number of imidazole rings is 1. The highest BCUT2D eigenvalue weighted by atomic mass is 15.0. The second-order valence-corrected chi connectivity index (χ2v) is 7.56. The lowest BCUT2D eigenvalue weighted by atomic mass is 9.93. The predicted molar refractivity (Wildman–Crippen MR) is 118 cm³/mol. The number of nitrogens with zero attached hydrogens (tertiary/aromatic N) is 4. The average molecular weight is 374 g/mol. The molecule has 138 valence electrons. The summed E-state index contributed by atoms with van der Waals surface area (Å²) in [5.74, 6) is 0. The van der Waals surface area contributed by atoms with Gasteiger partial charge < -0.3 is 0 Å².